The third-order valence-electron chi connectivity index (χ3n) is 3.99. The molecule has 0 spiro atoms. The van der Waals surface area contributed by atoms with Crippen molar-refractivity contribution in [2.24, 2.45) is 0 Å². The second-order valence-corrected chi connectivity index (χ2v) is 6.92. The van der Waals surface area contributed by atoms with Crippen LogP contribution in [0.15, 0.2) is 36.7 Å². The molecule has 0 amide bonds. The summed E-state index contributed by atoms with van der Waals surface area (Å²) in [6.45, 7) is 7.72. The summed E-state index contributed by atoms with van der Waals surface area (Å²) in [6, 6.07) is 9.05. The molecule has 0 aliphatic carbocycles. The predicted octanol–water partition coefficient (Wildman–Crippen LogP) is 2.61. The Morgan fingerprint density at radius 2 is 2.00 bits per heavy atom. The van der Waals surface area contributed by atoms with E-state index in [2.05, 4.69) is 46.4 Å². The van der Waals surface area contributed by atoms with E-state index in [1.54, 1.807) is 0 Å². The number of nitrogens with one attached hydrogen (secondary N) is 1. The molecule has 1 aliphatic heterocycles. The van der Waals surface area contributed by atoms with Gasteiger partial charge in [-0.1, -0.05) is 0 Å². The topological polar surface area (TPSA) is 37.4 Å². The Hall–Kier alpha value is -1.27. The molecule has 1 fully saturated rings. The number of thiophene rings is 1. The fourth-order valence-electron chi connectivity index (χ4n) is 2.79. The quantitative estimate of drug-likeness (QED) is 0.889. The number of aryl methyl sites for hydroxylation is 1. The van der Waals surface area contributed by atoms with E-state index in [1.807, 2.05) is 23.7 Å². The lowest BCUT2D eigenvalue weighted by Crippen LogP contribution is -2.42. The summed E-state index contributed by atoms with van der Waals surface area (Å²) in [7, 11) is 0. The average molecular weight is 317 g/mol. The van der Waals surface area contributed by atoms with E-state index in [1.165, 1.54) is 15.3 Å². The fraction of sp³-hybridized carbons (Fsp3) is 0.471. The van der Waals surface area contributed by atoms with Crippen molar-refractivity contribution < 1.29 is 4.74 Å². The van der Waals surface area contributed by atoms with Gasteiger partial charge in [-0.2, -0.15) is 0 Å². The maximum absolute atomic E-state index is 5.50. The van der Waals surface area contributed by atoms with Crippen LogP contribution in [0.4, 0.5) is 0 Å². The van der Waals surface area contributed by atoms with Crippen LogP contribution < -0.4 is 5.32 Å². The lowest BCUT2D eigenvalue weighted by molar-refractivity contribution is 0.0168. The molecule has 22 heavy (non-hydrogen) atoms. The Bertz CT molecular complexity index is 566. The minimum absolute atomic E-state index is 0.435. The summed E-state index contributed by atoms with van der Waals surface area (Å²) < 4.78 is 5.50. The van der Waals surface area contributed by atoms with Gasteiger partial charge in [-0.15, -0.1) is 11.3 Å². The summed E-state index contributed by atoms with van der Waals surface area (Å²) in [5.41, 5.74) is 1.28. The Kier molecular flexibility index (Phi) is 5.56. The Morgan fingerprint density at radius 1 is 1.23 bits per heavy atom. The normalized spacial score (nSPS) is 17.5. The third kappa shape index (κ3) is 4.14. The highest BCUT2D eigenvalue weighted by Gasteiger charge is 2.23. The maximum atomic E-state index is 5.50. The molecule has 0 aromatic carbocycles. The molecule has 0 saturated carbocycles. The summed E-state index contributed by atoms with van der Waals surface area (Å²) >= 11 is 1.90. The zero-order valence-corrected chi connectivity index (χ0v) is 13.8. The van der Waals surface area contributed by atoms with Crippen LogP contribution in [-0.4, -0.2) is 42.7 Å². The molecule has 118 valence electrons. The smallest absolute Gasteiger partial charge is 0.0594 e. The molecule has 2 aromatic heterocycles. The van der Waals surface area contributed by atoms with Crippen molar-refractivity contribution in [2.45, 2.75) is 19.5 Å². The second kappa shape index (κ2) is 7.83. The van der Waals surface area contributed by atoms with Crippen molar-refractivity contribution in [3.63, 3.8) is 0 Å². The molecule has 1 aliphatic rings. The Morgan fingerprint density at radius 3 is 2.68 bits per heavy atom. The molecule has 3 rings (SSSR count). The lowest BCUT2D eigenvalue weighted by Gasteiger charge is -2.34. The maximum Gasteiger partial charge on any atom is 0.0594 e. The van der Waals surface area contributed by atoms with Gasteiger partial charge in [-0.25, -0.2) is 0 Å². The fourth-order valence-corrected chi connectivity index (χ4v) is 3.80. The van der Waals surface area contributed by atoms with Crippen molar-refractivity contribution >= 4 is 11.3 Å². The summed E-state index contributed by atoms with van der Waals surface area (Å²) in [4.78, 5) is 9.42. The molecule has 3 heterocycles. The second-order valence-electron chi connectivity index (χ2n) is 5.60. The molecule has 0 unspecified atom stereocenters. The summed E-state index contributed by atoms with van der Waals surface area (Å²) in [5, 5.41) is 3.60. The minimum Gasteiger partial charge on any atom is -0.379 e. The molecular formula is C17H23N3OS. The van der Waals surface area contributed by atoms with Crippen LogP contribution in [0.2, 0.25) is 0 Å². The number of ether oxygens (including phenoxy) is 1. The van der Waals surface area contributed by atoms with E-state index in [9.17, 15) is 0 Å². The summed E-state index contributed by atoms with van der Waals surface area (Å²) in [5.74, 6) is 0. The molecule has 4 nitrogen and oxygen atoms in total. The van der Waals surface area contributed by atoms with Crippen LogP contribution in [0.5, 0.6) is 0 Å². The largest absolute Gasteiger partial charge is 0.379 e. The van der Waals surface area contributed by atoms with Gasteiger partial charge < -0.3 is 10.1 Å². The van der Waals surface area contributed by atoms with Crippen molar-refractivity contribution in [1.29, 1.82) is 0 Å². The van der Waals surface area contributed by atoms with Gasteiger partial charge in [0.2, 0.25) is 0 Å². The molecule has 0 bridgehead atoms. The van der Waals surface area contributed by atoms with Gasteiger partial charge >= 0.3 is 0 Å². The highest BCUT2D eigenvalue weighted by Crippen LogP contribution is 2.27. The SMILES string of the molecule is Cc1ccc([C@H](CNCc2ccncc2)N2CCOCC2)s1. The predicted molar refractivity (Wildman–Crippen MR) is 90.1 cm³/mol. The van der Waals surface area contributed by atoms with Crippen molar-refractivity contribution in [1.82, 2.24) is 15.2 Å². The first-order valence-corrected chi connectivity index (χ1v) is 8.62. The first kappa shape index (κ1) is 15.6. The highest BCUT2D eigenvalue weighted by atomic mass is 32.1. The van der Waals surface area contributed by atoms with Crippen LogP contribution in [0.25, 0.3) is 0 Å². The van der Waals surface area contributed by atoms with E-state index >= 15 is 0 Å². The molecule has 2 aromatic rings. The lowest BCUT2D eigenvalue weighted by atomic mass is 10.1. The monoisotopic (exact) mass is 317 g/mol. The third-order valence-corrected chi connectivity index (χ3v) is 5.09. The number of pyridine rings is 1. The van der Waals surface area contributed by atoms with Gasteiger partial charge in [-0.05, 0) is 36.8 Å². The van der Waals surface area contributed by atoms with Crippen molar-refractivity contribution in [3.05, 3.63) is 52.0 Å². The van der Waals surface area contributed by atoms with Gasteiger partial charge in [-0.3, -0.25) is 9.88 Å². The minimum atomic E-state index is 0.435. The van der Waals surface area contributed by atoms with Crippen LogP contribution in [-0.2, 0) is 11.3 Å². The van der Waals surface area contributed by atoms with E-state index in [0.717, 1.165) is 39.4 Å². The van der Waals surface area contributed by atoms with E-state index < -0.39 is 0 Å². The van der Waals surface area contributed by atoms with Crippen molar-refractivity contribution in [3.8, 4) is 0 Å². The zero-order valence-electron chi connectivity index (χ0n) is 13.0. The van der Waals surface area contributed by atoms with Gasteiger partial charge in [0.05, 0.1) is 19.3 Å². The number of rotatable bonds is 6. The number of nitrogens with zero attached hydrogens (tertiary/aromatic N) is 2. The number of hydrogen-bond acceptors (Lipinski definition) is 5. The Labute approximate surface area is 136 Å². The van der Waals surface area contributed by atoms with Gasteiger partial charge in [0, 0.05) is 48.3 Å². The standard InChI is InChI=1S/C17H23N3OS/c1-14-2-3-17(22-14)16(20-8-10-21-11-9-20)13-19-12-15-4-6-18-7-5-15/h2-7,16,19H,8-13H2,1H3/t16-/m0/s1. The molecular weight excluding hydrogens is 294 g/mol. The Balaban J connectivity index is 1.63. The van der Waals surface area contributed by atoms with Gasteiger partial charge in [0.1, 0.15) is 0 Å². The van der Waals surface area contributed by atoms with Crippen LogP contribution in [0.1, 0.15) is 21.4 Å². The van der Waals surface area contributed by atoms with Gasteiger partial charge in [0.15, 0.2) is 0 Å². The summed E-state index contributed by atoms with van der Waals surface area (Å²) in [6.07, 6.45) is 3.69. The van der Waals surface area contributed by atoms with E-state index in [-0.39, 0.29) is 0 Å². The average Bonchev–Trinajstić information content (AvgIpc) is 2.99. The molecule has 1 atom stereocenters. The molecule has 0 radical (unpaired) electrons. The van der Waals surface area contributed by atoms with Crippen LogP contribution in [0, 0.1) is 6.92 Å². The highest BCUT2D eigenvalue weighted by molar-refractivity contribution is 7.12. The van der Waals surface area contributed by atoms with E-state index in [4.69, 9.17) is 4.74 Å². The first-order chi connectivity index (χ1) is 10.8. The number of morpholine rings is 1. The molecule has 5 heteroatoms. The number of aromatic nitrogens is 1. The van der Waals surface area contributed by atoms with E-state index in [0.29, 0.717) is 6.04 Å². The van der Waals surface area contributed by atoms with Gasteiger partial charge in [0.25, 0.3) is 0 Å². The zero-order chi connectivity index (χ0) is 15.2. The molecule has 1 N–H and O–H groups in total. The number of hydrogen-bond donors (Lipinski definition) is 1. The van der Waals surface area contributed by atoms with Crippen LogP contribution >= 0.6 is 11.3 Å². The van der Waals surface area contributed by atoms with Crippen LogP contribution in [0.3, 0.4) is 0 Å². The first-order valence-electron chi connectivity index (χ1n) is 7.80. The van der Waals surface area contributed by atoms with Crippen molar-refractivity contribution in [2.75, 3.05) is 32.8 Å². The molecule has 1 saturated heterocycles.